The normalized spacial score (nSPS) is 10.8. The summed E-state index contributed by atoms with van der Waals surface area (Å²) in [4.78, 5) is 8.83. The second kappa shape index (κ2) is 4.10. The van der Waals surface area contributed by atoms with Crippen molar-refractivity contribution in [1.82, 2.24) is 20.2 Å². The summed E-state index contributed by atoms with van der Waals surface area (Å²) in [5.74, 6) is 0.585. The van der Waals surface area contributed by atoms with Gasteiger partial charge in [0.1, 0.15) is 0 Å². The lowest BCUT2D eigenvalue weighted by Gasteiger charge is -2.05. The van der Waals surface area contributed by atoms with Crippen LogP contribution in [0.4, 0.5) is 5.95 Å². The zero-order valence-corrected chi connectivity index (χ0v) is 10.2. The lowest BCUT2D eigenvalue weighted by molar-refractivity contribution is 1.09. The Hall–Kier alpha value is -2.43. The molecular formula is C13H13N5. The Bertz CT molecular complexity index is 684. The van der Waals surface area contributed by atoms with Crippen LogP contribution < -0.4 is 5.32 Å². The van der Waals surface area contributed by atoms with Crippen molar-refractivity contribution in [3.63, 3.8) is 0 Å². The number of rotatable bonds is 2. The van der Waals surface area contributed by atoms with E-state index < -0.39 is 0 Å². The van der Waals surface area contributed by atoms with Crippen LogP contribution in [0.2, 0.25) is 0 Å². The van der Waals surface area contributed by atoms with Crippen LogP contribution in [0.15, 0.2) is 30.5 Å². The third-order valence-electron chi connectivity index (χ3n) is 2.86. The van der Waals surface area contributed by atoms with Crippen LogP contribution in [0, 0.1) is 6.92 Å². The molecule has 2 heterocycles. The SMILES string of the molecule is CNc1nc(-c2ccc(C)cc2)c2cn[nH]c2n1. The molecule has 0 aliphatic heterocycles. The highest BCUT2D eigenvalue weighted by molar-refractivity contribution is 5.90. The maximum Gasteiger partial charge on any atom is 0.225 e. The van der Waals surface area contributed by atoms with Crippen LogP contribution in [-0.2, 0) is 0 Å². The standard InChI is InChI=1S/C13H13N5/c1-8-3-5-9(6-4-8)11-10-7-15-18-12(10)17-13(14-2)16-11/h3-7H,1-2H3,(H2,14,15,16,17,18). The lowest BCUT2D eigenvalue weighted by Crippen LogP contribution is -1.98. The van der Waals surface area contributed by atoms with Gasteiger partial charge in [0.2, 0.25) is 5.95 Å². The van der Waals surface area contributed by atoms with E-state index in [2.05, 4.69) is 56.7 Å². The van der Waals surface area contributed by atoms with Crippen molar-refractivity contribution in [3.8, 4) is 11.3 Å². The maximum absolute atomic E-state index is 4.51. The van der Waals surface area contributed by atoms with Crippen molar-refractivity contribution in [2.45, 2.75) is 6.92 Å². The zero-order valence-electron chi connectivity index (χ0n) is 10.2. The Morgan fingerprint density at radius 3 is 2.61 bits per heavy atom. The van der Waals surface area contributed by atoms with Crippen LogP contribution >= 0.6 is 0 Å². The van der Waals surface area contributed by atoms with Crippen molar-refractivity contribution in [2.24, 2.45) is 0 Å². The fourth-order valence-corrected chi connectivity index (χ4v) is 1.88. The minimum Gasteiger partial charge on any atom is -0.357 e. The van der Waals surface area contributed by atoms with Gasteiger partial charge in [-0.15, -0.1) is 0 Å². The molecule has 3 aromatic rings. The molecule has 0 saturated heterocycles. The van der Waals surface area contributed by atoms with Crippen LogP contribution in [0.5, 0.6) is 0 Å². The molecule has 0 aliphatic rings. The number of hydrogen-bond donors (Lipinski definition) is 2. The minimum absolute atomic E-state index is 0.585. The molecule has 2 aromatic heterocycles. The first-order valence-corrected chi connectivity index (χ1v) is 5.74. The Kier molecular flexibility index (Phi) is 2.44. The molecule has 18 heavy (non-hydrogen) atoms. The summed E-state index contributed by atoms with van der Waals surface area (Å²) < 4.78 is 0. The predicted molar refractivity (Wildman–Crippen MR) is 71.4 cm³/mol. The van der Waals surface area contributed by atoms with Gasteiger partial charge < -0.3 is 5.32 Å². The van der Waals surface area contributed by atoms with Crippen molar-refractivity contribution in [2.75, 3.05) is 12.4 Å². The number of hydrogen-bond acceptors (Lipinski definition) is 4. The Morgan fingerprint density at radius 1 is 1.11 bits per heavy atom. The quantitative estimate of drug-likeness (QED) is 0.720. The Balaban J connectivity index is 2.26. The van der Waals surface area contributed by atoms with E-state index in [-0.39, 0.29) is 0 Å². The number of aryl methyl sites for hydroxylation is 1. The van der Waals surface area contributed by atoms with E-state index >= 15 is 0 Å². The lowest BCUT2D eigenvalue weighted by atomic mass is 10.1. The van der Waals surface area contributed by atoms with Gasteiger partial charge in [-0.2, -0.15) is 10.1 Å². The molecule has 0 fully saturated rings. The summed E-state index contributed by atoms with van der Waals surface area (Å²) in [6.07, 6.45) is 1.75. The van der Waals surface area contributed by atoms with Gasteiger partial charge in [-0.1, -0.05) is 29.8 Å². The van der Waals surface area contributed by atoms with Gasteiger partial charge in [0.05, 0.1) is 17.3 Å². The van der Waals surface area contributed by atoms with Crippen LogP contribution in [0.1, 0.15) is 5.56 Å². The molecule has 0 spiro atoms. The second-order valence-corrected chi connectivity index (χ2v) is 4.14. The van der Waals surface area contributed by atoms with Gasteiger partial charge >= 0.3 is 0 Å². The summed E-state index contributed by atoms with van der Waals surface area (Å²) in [7, 11) is 1.80. The number of nitrogens with one attached hydrogen (secondary N) is 2. The van der Waals surface area contributed by atoms with E-state index in [1.807, 2.05) is 0 Å². The van der Waals surface area contributed by atoms with Gasteiger partial charge in [-0.05, 0) is 6.92 Å². The van der Waals surface area contributed by atoms with Crippen LogP contribution in [0.25, 0.3) is 22.3 Å². The predicted octanol–water partition coefficient (Wildman–Crippen LogP) is 2.37. The summed E-state index contributed by atoms with van der Waals surface area (Å²) in [6.45, 7) is 2.07. The first-order valence-electron chi connectivity index (χ1n) is 5.74. The van der Waals surface area contributed by atoms with Crippen molar-refractivity contribution in [3.05, 3.63) is 36.0 Å². The zero-order chi connectivity index (χ0) is 12.5. The van der Waals surface area contributed by atoms with E-state index in [1.54, 1.807) is 13.2 Å². The van der Waals surface area contributed by atoms with Crippen molar-refractivity contribution >= 4 is 17.0 Å². The monoisotopic (exact) mass is 239 g/mol. The number of benzene rings is 1. The third kappa shape index (κ3) is 1.69. The smallest absolute Gasteiger partial charge is 0.225 e. The largest absolute Gasteiger partial charge is 0.357 e. The molecule has 0 aliphatic carbocycles. The van der Waals surface area contributed by atoms with Gasteiger partial charge in [0.15, 0.2) is 5.65 Å². The number of aromatic amines is 1. The summed E-state index contributed by atoms with van der Waals surface area (Å²) in [5.41, 5.74) is 3.92. The molecule has 1 aromatic carbocycles. The molecule has 3 rings (SSSR count). The van der Waals surface area contributed by atoms with Gasteiger partial charge in [0.25, 0.3) is 0 Å². The number of fused-ring (bicyclic) bond motifs is 1. The second-order valence-electron chi connectivity index (χ2n) is 4.14. The number of anilines is 1. The van der Waals surface area contributed by atoms with Crippen LogP contribution in [0.3, 0.4) is 0 Å². The Morgan fingerprint density at radius 2 is 1.89 bits per heavy atom. The average molecular weight is 239 g/mol. The highest BCUT2D eigenvalue weighted by Crippen LogP contribution is 2.26. The fraction of sp³-hybridized carbons (Fsp3) is 0.154. The molecule has 0 saturated carbocycles. The summed E-state index contributed by atoms with van der Waals surface area (Å²) >= 11 is 0. The highest BCUT2D eigenvalue weighted by Gasteiger charge is 2.10. The maximum atomic E-state index is 4.51. The van der Waals surface area contributed by atoms with E-state index in [1.165, 1.54) is 5.56 Å². The number of nitrogens with zero attached hydrogens (tertiary/aromatic N) is 3. The molecule has 5 heteroatoms. The van der Waals surface area contributed by atoms with Crippen LogP contribution in [-0.4, -0.2) is 27.2 Å². The molecular weight excluding hydrogens is 226 g/mol. The number of H-pyrrole nitrogens is 1. The molecule has 2 N–H and O–H groups in total. The van der Waals surface area contributed by atoms with Gasteiger partial charge in [-0.3, -0.25) is 5.10 Å². The molecule has 0 amide bonds. The molecule has 5 nitrogen and oxygen atoms in total. The summed E-state index contributed by atoms with van der Waals surface area (Å²) in [6, 6.07) is 8.26. The van der Waals surface area contributed by atoms with E-state index in [0.29, 0.717) is 5.95 Å². The van der Waals surface area contributed by atoms with Crippen molar-refractivity contribution in [1.29, 1.82) is 0 Å². The molecule has 0 unspecified atom stereocenters. The topological polar surface area (TPSA) is 66.5 Å². The average Bonchev–Trinajstić information content (AvgIpc) is 2.86. The molecule has 90 valence electrons. The van der Waals surface area contributed by atoms with Crippen molar-refractivity contribution < 1.29 is 0 Å². The minimum atomic E-state index is 0.585. The van der Waals surface area contributed by atoms with Gasteiger partial charge in [-0.25, -0.2) is 4.98 Å². The Labute approximate surface area is 104 Å². The fourth-order valence-electron chi connectivity index (χ4n) is 1.88. The highest BCUT2D eigenvalue weighted by atomic mass is 15.2. The van der Waals surface area contributed by atoms with E-state index in [9.17, 15) is 0 Å². The first kappa shape index (κ1) is 10.7. The molecule has 0 bridgehead atoms. The van der Waals surface area contributed by atoms with Gasteiger partial charge in [0, 0.05) is 12.6 Å². The first-order chi connectivity index (χ1) is 8.78. The third-order valence-corrected chi connectivity index (χ3v) is 2.86. The summed E-state index contributed by atoms with van der Waals surface area (Å²) in [5, 5.41) is 10.8. The molecule has 0 radical (unpaired) electrons. The van der Waals surface area contributed by atoms with E-state index in [0.717, 1.165) is 22.3 Å². The number of aromatic nitrogens is 4. The molecule has 0 atom stereocenters. The van der Waals surface area contributed by atoms with E-state index in [4.69, 9.17) is 0 Å².